The zero-order valence-electron chi connectivity index (χ0n) is 16.4. The third kappa shape index (κ3) is 5.46. The quantitative estimate of drug-likeness (QED) is 0.395. The topological polar surface area (TPSA) is 139 Å². The number of fused-ring (bicyclic) bond motifs is 1. The van der Waals surface area contributed by atoms with Crippen LogP contribution in [-0.4, -0.2) is 73.2 Å². The standard InChI is InChI=1S/C15H18N6O2.C3H8O2/c1-20(2)10-18-14-12-4-3-11(21(12)19-9-17-14)13-5-6-15(7-16,8-22)23-13;1-3(2,4)5/h3-4,9-10,13,22H,5-6,8H2,1-2H3;4-5H,1-2H3. The van der Waals surface area contributed by atoms with E-state index in [-0.39, 0.29) is 12.7 Å². The Bertz CT molecular complexity index is 861. The van der Waals surface area contributed by atoms with Crippen LogP contribution < -0.4 is 0 Å². The number of aliphatic hydroxyl groups is 3. The van der Waals surface area contributed by atoms with E-state index in [1.54, 1.807) is 10.9 Å². The molecule has 28 heavy (non-hydrogen) atoms. The van der Waals surface area contributed by atoms with E-state index >= 15 is 0 Å². The van der Waals surface area contributed by atoms with Crippen molar-refractivity contribution in [3.05, 3.63) is 24.2 Å². The molecule has 0 saturated carbocycles. The molecule has 0 bridgehead atoms. The van der Waals surface area contributed by atoms with Crippen LogP contribution in [0.2, 0.25) is 0 Å². The number of rotatable bonds is 4. The Hall–Kier alpha value is -2.58. The molecule has 0 spiro atoms. The Morgan fingerprint density at radius 2 is 2.14 bits per heavy atom. The third-order valence-electron chi connectivity index (χ3n) is 3.84. The lowest BCUT2D eigenvalue weighted by Gasteiger charge is -2.18. The van der Waals surface area contributed by atoms with Crippen molar-refractivity contribution in [2.45, 2.75) is 44.2 Å². The molecule has 10 heteroatoms. The Labute approximate surface area is 163 Å². The summed E-state index contributed by atoms with van der Waals surface area (Å²) in [6, 6.07) is 5.85. The van der Waals surface area contributed by atoms with Gasteiger partial charge in [-0.15, -0.1) is 0 Å². The first-order valence-corrected chi connectivity index (χ1v) is 8.76. The van der Waals surface area contributed by atoms with Gasteiger partial charge in [0.25, 0.3) is 0 Å². The number of hydrogen-bond acceptors (Lipinski definition) is 8. The number of nitriles is 1. The minimum absolute atomic E-state index is 0.287. The van der Waals surface area contributed by atoms with Gasteiger partial charge >= 0.3 is 0 Å². The second-order valence-electron chi connectivity index (χ2n) is 7.25. The molecule has 0 aliphatic carbocycles. The summed E-state index contributed by atoms with van der Waals surface area (Å²) < 4.78 is 7.53. The lowest BCUT2D eigenvalue weighted by Crippen LogP contribution is -2.30. The molecule has 1 fully saturated rings. The van der Waals surface area contributed by atoms with E-state index < -0.39 is 11.4 Å². The monoisotopic (exact) mass is 390 g/mol. The van der Waals surface area contributed by atoms with Crippen molar-refractivity contribution in [1.29, 1.82) is 5.26 Å². The molecular weight excluding hydrogens is 364 g/mol. The number of aromatic nitrogens is 3. The number of hydrogen-bond donors (Lipinski definition) is 3. The average molecular weight is 390 g/mol. The van der Waals surface area contributed by atoms with Gasteiger partial charge in [-0.3, -0.25) is 0 Å². The number of aliphatic imine (C=N–C) groups is 1. The first-order valence-electron chi connectivity index (χ1n) is 8.76. The summed E-state index contributed by atoms with van der Waals surface area (Å²) in [5.74, 6) is -0.938. The average Bonchev–Trinajstić information content (AvgIpc) is 3.23. The zero-order chi connectivity index (χ0) is 20.9. The third-order valence-corrected chi connectivity index (χ3v) is 3.84. The maximum absolute atomic E-state index is 9.41. The van der Waals surface area contributed by atoms with Crippen LogP contribution in [0.1, 0.15) is 38.5 Å². The van der Waals surface area contributed by atoms with Crippen LogP contribution in [0.4, 0.5) is 5.82 Å². The Morgan fingerprint density at radius 3 is 2.68 bits per heavy atom. The second kappa shape index (κ2) is 8.62. The molecule has 0 amide bonds. The minimum atomic E-state index is -1.50. The highest BCUT2D eigenvalue weighted by Crippen LogP contribution is 2.39. The van der Waals surface area contributed by atoms with Gasteiger partial charge in [-0.05, 0) is 38.8 Å². The fourth-order valence-corrected chi connectivity index (χ4v) is 2.65. The van der Waals surface area contributed by atoms with E-state index in [4.69, 9.17) is 14.9 Å². The van der Waals surface area contributed by atoms with Crippen LogP contribution in [0.15, 0.2) is 23.5 Å². The van der Waals surface area contributed by atoms with Crippen LogP contribution in [-0.2, 0) is 4.74 Å². The summed E-state index contributed by atoms with van der Waals surface area (Å²) in [5, 5.41) is 39.0. The molecule has 1 saturated heterocycles. The molecular formula is C18H26N6O4. The molecule has 0 aromatic carbocycles. The summed E-state index contributed by atoms with van der Waals surface area (Å²) in [7, 11) is 3.77. The van der Waals surface area contributed by atoms with Gasteiger partial charge in [0.15, 0.2) is 17.2 Å². The lowest BCUT2D eigenvalue weighted by molar-refractivity contribution is -0.127. The SMILES string of the molecule is CC(C)(O)O.CN(C)C=Nc1ncnn2c(C3CCC(C#N)(CO)O3)ccc12. The number of aliphatic hydroxyl groups excluding tert-OH is 1. The fourth-order valence-electron chi connectivity index (χ4n) is 2.65. The largest absolute Gasteiger partial charge is 0.392 e. The predicted octanol–water partition coefficient (Wildman–Crippen LogP) is 0.764. The molecule has 2 aromatic rings. The second-order valence-corrected chi connectivity index (χ2v) is 7.25. The van der Waals surface area contributed by atoms with Crippen molar-refractivity contribution in [1.82, 2.24) is 19.5 Å². The van der Waals surface area contributed by atoms with Crippen molar-refractivity contribution >= 4 is 17.7 Å². The maximum atomic E-state index is 9.41. The van der Waals surface area contributed by atoms with Gasteiger partial charge in [0.1, 0.15) is 24.0 Å². The van der Waals surface area contributed by atoms with Crippen molar-refractivity contribution in [3.8, 4) is 6.07 Å². The van der Waals surface area contributed by atoms with Crippen molar-refractivity contribution in [3.63, 3.8) is 0 Å². The molecule has 1 aliphatic rings. The first-order chi connectivity index (χ1) is 13.1. The first kappa shape index (κ1) is 21.7. The van der Waals surface area contributed by atoms with Gasteiger partial charge in [0.05, 0.1) is 18.6 Å². The fraction of sp³-hybridized carbons (Fsp3) is 0.556. The molecule has 3 rings (SSSR count). The van der Waals surface area contributed by atoms with Gasteiger partial charge in [-0.25, -0.2) is 14.5 Å². The summed E-state index contributed by atoms with van der Waals surface area (Å²) in [6.45, 7) is 2.29. The highest BCUT2D eigenvalue weighted by atomic mass is 16.5. The predicted molar refractivity (Wildman–Crippen MR) is 102 cm³/mol. The van der Waals surface area contributed by atoms with Gasteiger partial charge in [0, 0.05) is 14.1 Å². The van der Waals surface area contributed by atoms with Gasteiger partial charge < -0.3 is 25.0 Å². The summed E-state index contributed by atoms with van der Waals surface area (Å²) >= 11 is 0. The molecule has 3 heterocycles. The van der Waals surface area contributed by atoms with E-state index in [1.165, 1.54) is 20.2 Å². The van der Waals surface area contributed by atoms with Crippen molar-refractivity contribution in [2.75, 3.05) is 20.7 Å². The van der Waals surface area contributed by atoms with Gasteiger partial charge in [-0.2, -0.15) is 10.4 Å². The van der Waals surface area contributed by atoms with E-state index in [1.807, 2.05) is 31.1 Å². The van der Waals surface area contributed by atoms with E-state index in [9.17, 15) is 10.4 Å². The number of nitrogens with zero attached hydrogens (tertiary/aromatic N) is 6. The molecule has 2 aromatic heterocycles. The summed E-state index contributed by atoms with van der Waals surface area (Å²) in [4.78, 5) is 10.3. The minimum Gasteiger partial charge on any atom is -0.392 e. The Kier molecular flexibility index (Phi) is 6.69. The Morgan fingerprint density at radius 1 is 1.46 bits per heavy atom. The van der Waals surface area contributed by atoms with Crippen LogP contribution in [0, 0.1) is 11.3 Å². The number of ether oxygens (including phenoxy) is 1. The molecule has 152 valence electrons. The highest BCUT2D eigenvalue weighted by molar-refractivity contribution is 5.70. The van der Waals surface area contributed by atoms with Crippen LogP contribution in [0.25, 0.3) is 5.52 Å². The van der Waals surface area contributed by atoms with E-state index in [0.29, 0.717) is 18.7 Å². The molecule has 1 aliphatic heterocycles. The summed E-state index contributed by atoms with van der Waals surface area (Å²) in [6.07, 6.45) is 3.98. The zero-order valence-corrected chi connectivity index (χ0v) is 16.4. The van der Waals surface area contributed by atoms with Crippen LogP contribution >= 0.6 is 0 Å². The van der Waals surface area contributed by atoms with Crippen LogP contribution in [0.3, 0.4) is 0 Å². The summed E-state index contributed by atoms with van der Waals surface area (Å²) in [5.41, 5.74) is 0.477. The van der Waals surface area contributed by atoms with Gasteiger partial charge in [0.2, 0.25) is 0 Å². The normalized spacial score (nSPS) is 22.1. The van der Waals surface area contributed by atoms with Crippen molar-refractivity contribution < 1.29 is 20.1 Å². The van der Waals surface area contributed by atoms with Gasteiger partial charge in [-0.1, -0.05) is 0 Å². The van der Waals surface area contributed by atoms with Crippen molar-refractivity contribution in [2.24, 2.45) is 4.99 Å². The van der Waals surface area contributed by atoms with E-state index in [0.717, 1.165) is 11.2 Å². The van der Waals surface area contributed by atoms with E-state index in [2.05, 4.69) is 21.1 Å². The maximum Gasteiger partial charge on any atom is 0.181 e. The Balaban J connectivity index is 0.000000500. The molecule has 3 N–H and O–H groups in total. The molecule has 2 atom stereocenters. The van der Waals surface area contributed by atoms with Crippen LogP contribution in [0.5, 0.6) is 0 Å². The smallest absolute Gasteiger partial charge is 0.181 e. The molecule has 10 nitrogen and oxygen atoms in total. The molecule has 2 unspecified atom stereocenters. The molecule has 0 radical (unpaired) electrons. The highest BCUT2D eigenvalue weighted by Gasteiger charge is 2.41. The lowest BCUT2D eigenvalue weighted by atomic mass is 10.0.